The fraction of sp³-hybridized carbons (Fsp3) is 0.781. The minimum Gasteiger partial charge on any atom is -0.462 e. The van der Waals surface area contributed by atoms with Crippen molar-refractivity contribution < 1.29 is 62.6 Å². The van der Waals surface area contributed by atoms with E-state index in [2.05, 4.69) is 0 Å². The molecule has 0 aromatic rings. The van der Waals surface area contributed by atoms with Crippen LogP contribution in [0.5, 0.6) is 0 Å². The molecule has 0 unspecified atom stereocenters. The first-order valence-corrected chi connectivity index (χ1v) is 15.5. The first kappa shape index (κ1) is 38.0. The zero-order valence-corrected chi connectivity index (χ0v) is 27.8. The summed E-state index contributed by atoms with van der Waals surface area (Å²) < 4.78 is 32.9. The molecule has 13 nitrogen and oxygen atoms in total. The molecule has 6 atom stereocenters. The number of carbonyl (C=O) groups is 5. The molecule has 2 N–H and O–H groups in total. The molecule has 0 aromatic carbocycles. The summed E-state index contributed by atoms with van der Waals surface area (Å²) in [6, 6.07) is 0. The van der Waals surface area contributed by atoms with E-state index >= 15 is 0 Å². The zero-order chi connectivity index (χ0) is 34.3. The number of rotatable bonds is 15. The van der Waals surface area contributed by atoms with E-state index in [4.69, 9.17) is 28.4 Å². The SMILES string of the molecule is CC(=O)O[C@H]1C[C@]2(O)C(COC(=O)[C@@H](OC(=O)CC(C)C)C(C)C)=CO[C@@H](OC(=O)CC(C)C)[C@@H]2[C@@]1(O)COC(=O)CC(C)C. The second-order valence-electron chi connectivity index (χ2n) is 13.5. The lowest BCUT2D eigenvalue weighted by Gasteiger charge is -2.44. The van der Waals surface area contributed by atoms with Gasteiger partial charge in [0.05, 0.1) is 6.26 Å². The van der Waals surface area contributed by atoms with Crippen molar-refractivity contribution in [1.82, 2.24) is 0 Å². The Bertz CT molecular complexity index is 1110. The van der Waals surface area contributed by atoms with E-state index in [9.17, 15) is 34.2 Å². The highest BCUT2D eigenvalue weighted by Gasteiger charge is 2.70. The molecule has 45 heavy (non-hydrogen) atoms. The Morgan fingerprint density at radius 3 is 1.93 bits per heavy atom. The van der Waals surface area contributed by atoms with Gasteiger partial charge in [0.15, 0.2) is 0 Å². The van der Waals surface area contributed by atoms with E-state index < -0.39 is 91.0 Å². The molecule has 0 spiro atoms. The van der Waals surface area contributed by atoms with Gasteiger partial charge in [-0.3, -0.25) is 19.2 Å². The van der Waals surface area contributed by atoms with Gasteiger partial charge in [0.1, 0.15) is 36.4 Å². The van der Waals surface area contributed by atoms with Crippen molar-refractivity contribution in [3.05, 3.63) is 11.8 Å². The molecule has 2 rings (SSSR count). The summed E-state index contributed by atoms with van der Waals surface area (Å²) in [5, 5.41) is 24.2. The fourth-order valence-corrected chi connectivity index (χ4v) is 5.41. The summed E-state index contributed by atoms with van der Waals surface area (Å²) in [5.74, 6) is -5.65. The Balaban J connectivity index is 2.45. The van der Waals surface area contributed by atoms with Crippen molar-refractivity contribution in [1.29, 1.82) is 0 Å². The van der Waals surface area contributed by atoms with E-state index in [1.165, 1.54) is 0 Å². The quantitative estimate of drug-likeness (QED) is 0.197. The molecule has 0 aromatic heterocycles. The van der Waals surface area contributed by atoms with E-state index in [1.54, 1.807) is 41.5 Å². The first-order valence-electron chi connectivity index (χ1n) is 15.5. The number of carbonyl (C=O) groups excluding carboxylic acids is 5. The maximum atomic E-state index is 13.1. The van der Waals surface area contributed by atoms with Gasteiger partial charge in [-0.15, -0.1) is 0 Å². The highest BCUT2D eigenvalue weighted by molar-refractivity contribution is 5.80. The van der Waals surface area contributed by atoms with Gasteiger partial charge in [0.25, 0.3) is 6.29 Å². The van der Waals surface area contributed by atoms with Crippen LogP contribution in [0.25, 0.3) is 0 Å². The van der Waals surface area contributed by atoms with Crippen LogP contribution < -0.4 is 0 Å². The number of hydrogen-bond donors (Lipinski definition) is 2. The molecule has 0 radical (unpaired) electrons. The Hall–Kier alpha value is -3.19. The molecule has 1 heterocycles. The van der Waals surface area contributed by atoms with Gasteiger partial charge < -0.3 is 38.6 Å². The van der Waals surface area contributed by atoms with Gasteiger partial charge in [-0.2, -0.15) is 0 Å². The van der Waals surface area contributed by atoms with E-state index in [0.717, 1.165) is 13.2 Å². The van der Waals surface area contributed by atoms with Crippen LogP contribution >= 0.6 is 0 Å². The summed E-state index contributed by atoms with van der Waals surface area (Å²) in [6.45, 7) is 14.1. The monoisotopic (exact) mass is 642 g/mol. The minimum absolute atomic E-state index is 0.000486. The highest BCUT2D eigenvalue weighted by Crippen LogP contribution is 2.53. The summed E-state index contributed by atoms with van der Waals surface area (Å²) >= 11 is 0. The van der Waals surface area contributed by atoms with Crippen LogP contribution in [0.15, 0.2) is 11.8 Å². The van der Waals surface area contributed by atoms with Crippen LogP contribution in [0.4, 0.5) is 0 Å². The second kappa shape index (κ2) is 15.9. The lowest BCUT2D eigenvalue weighted by atomic mass is 9.77. The highest BCUT2D eigenvalue weighted by atomic mass is 16.7. The van der Waals surface area contributed by atoms with Crippen LogP contribution in [0, 0.1) is 29.6 Å². The van der Waals surface area contributed by atoms with Crippen molar-refractivity contribution >= 4 is 29.8 Å². The van der Waals surface area contributed by atoms with Crippen molar-refractivity contribution in [2.45, 2.75) is 118 Å². The van der Waals surface area contributed by atoms with Gasteiger partial charge >= 0.3 is 29.8 Å². The lowest BCUT2D eigenvalue weighted by Crippen LogP contribution is -2.59. The second-order valence-corrected chi connectivity index (χ2v) is 13.5. The Kier molecular flexibility index (Phi) is 13.4. The standard InChI is InChI=1S/C32H50O13/c1-17(2)10-24(34)42-16-32(39)23(43-21(9)33)13-31(38)22(15-41-30(28(31)32)45-26(36)12-19(5)6)14-40-29(37)27(20(7)8)44-25(35)11-18(3)4/h15,17-20,23,27-28,30,38-39H,10-14,16H2,1-9H3/t23-,27-,28-,30-,31-,32+/m0/s1. The zero-order valence-electron chi connectivity index (χ0n) is 27.8. The van der Waals surface area contributed by atoms with Crippen LogP contribution in [0.1, 0.15) is 88.0 Å². The molecule has 2 aliphatic rings. The molecule has 256 valence electrons. The smallest absolute Gasteiger partial charge is 0.348 e. The average molecular weight is 643 g/mol. The Morgan fingerprint density at radius 1 is 0.844 bits per heavy atom. The fourth-order valence-electron chi connectivity index (χ4n) is 5.41. The molecular weight excluding hydrogens is 592 g/mol. The topological polar surface area (TPSA) is 181 Å². The van der Waals surface area contributed by atoms with E-state index in [-0.39, 0.29) is 42.6 Å². The third-order valence-corrected chi connectivity index (χ3v) is 7.49. The van der Waals surface area contributed by atoms with Gasteiger partial charge in [-0.05, 0) is 17.8 Å². The Morgan fingerprint density at radius 2 is 1.40 bits per heavy atom. The third kappa shape index (κ3) is 10.2. The Labute approximate surface area is 264 Å². The summed E-state index contributed by atoms with van der Waals surface area (Å²) in [5.41, 5.74) is -4.45. The molecule has 0 amide bonds. The van der Waals surface area contributed by atoms with Gasteiger partial charge in [-0.25, -0.2) is 4.79 Å². The maximum Gasteiger partial charge on any atom is 0.348 e. The normalized spacial score (nSPS) is 26.6. The number of fused-ring (bicyclic) bond motifs is 1. The van der Waals surface area contributed by atoms with Crippen LogP contribution in [0.2, 0.25) is 0 Å². The summed E-state index contributed by atoms with van der Waals surface area (Å²) in [7, 11) is 0. The average Bonchev–Trinajstić information content (AvgIpc) is 3.10. The van der Waals surface area contributed by atoms with Gasteiger partial charge in [-0.1, -0.05) is 55.4 Å². The number of ether oxygens (including phenoxy) is 6. The molecule has 13 heteroatoms. The largest absolute Gasteiger partial charge is 0.462 e. The van der Waals surface area contributed by atoms with Crippen LogP contribution in [0.3, 0.4) is 0 Å². The van der Waals surface area contributed by atoms with E-state index in [1.807, 2.05) is 13.8 Å². The molecular formula is C32H50O13. The predicted octanol–water partition coefficient (Wildman–Crippen LogP) is 2.98. The van der Waals surface area contributed by atoms with Crippen molar-refractivity contribution in [3.8, 4) is 0 Å². The molecule has 0 bridgehead atoms. The van der Waals surface area contributed by atoms with Gasteiger partial charge in [0.2, 0.25) is 6.10 Å². The number of aliphatic hydroxyl groups is 2. The minimum atomic E-state index is -2.29. The number of hydrogen-bond acceptors (Lipinski definition) is 13. The maximum absolute atomic E-state index is 13.1. The summed E-state index contributed by atoms with van der Waals surface area (Å²) in [4.78, 5) is 62.6. The number of esters is 5. The molecule has 1 saturated carbocycles. The molecule has 1 aliphatic heterocycles. The van der Waals surface area contributed by atoms with E-state index in [0.29, 0.717) is 0 Å². The molecule has 1 aliphatic carbocycles. The van der Waals surface area contributed by atoms with Crippen molar-refractivity contribution in [3.63, 3.8) is 0 Å². The molecule has 0 saturated heterocycles. The van der Waals surface area contributed by atoms with Crippen molar-refractivity contribution in [2.75, 3.05) is 13.2 Å². The third-order valence-electron chi connectivity index (χ3n) is 7.49. The summed E-state index contributed by atoms with van der Waals surface area (Å²) in [6.07, 6.45) is -3.49. The van der Waals surface area contributed by atoms with Gasteiger partial charge in [0, 0.05) is 44.1 Å². The first-order chi connectivity index (χ1) is 20.8. The predicted molar refractivity (Wildman–Crippen MR) is 158 cm³/mol. The molecule has 1 fully saturated rings. The van der Waals surface area contributed by atoms with Crippen LogP contribution in [-0.2, 0) is 52.4 Å². The lowest BCUT2D eigenvalue weighted by molar-refractivity contribution is -0.241. The van der Waals surface area contributed by atoms with Crippen molar-refractivity contribution in [2.24, 2.45) is 29.6 Å². The van der Waals surface area contributed by atoms with Crippen LogP contribution in [-0.4, -0.2) is 83.0 Å².